The highest BCUT2D eigenvalue weighted by Gasteiger charge is 2.61. The summed E-state index contributed by atoms with van der Waals surface area (Å²) in [4.78, 5) is 27.2. The Bertz CT molecular complexity index is 397. The molecule has 4 heteroatoms. The van der Waals surface area contributed by atoms with Crippen LogP contribution in [0.25, 0.3) is 0 Å². The molecule has 0 aromatic rings. The maximum atomic E-state index is 12.8. The summed E-state index contributed by atoms with van der Waals surface area (Å²) < 4.78 is 0. The molecule has 1 atom stereocenters. The Morgan fingerprint density at radius 1 is 1.28 bits per heavy atom. The zero-order chi connectivity index (χ0) is 13.0. The van der Waals surface area contributed by atoms with Crippen molar-refractivity contribution in [2.75, 3.05) is 6.54 Å². The van der Waals surface area contributed by atoms with Crippen molar-refractivity contribution in [1.29, 1.82) is 0 Å². The molecule has 3 fully saturated rings. The SMILES string of the molecule is CCN1C(=O)C2(CCCC2)NC(=O)C1(C)C1CC1. The number of amides is 2. The summed E-state index contributed by atoms with van der Waals surface area (Å²) in [6.45, 7) is 4.57. The Kier molecular flexibility index (Phi) is 2.48. The largest absolute Gasteiger partial charge is 0.340 e. The van der Waals surface area contributed by atoms with Gasteiger partial charge in [-0.3, -0.25) is 9.59 Å². The number of hydrogen-bond donors (Lipinski definition) is 1. The molecule has 4 nitrogen and oxygen atoms in total. The van der Waals surface area contributed by atoms with Gasteiger partial charge in [-0.1, -0.05) is 12.8 Å². The molecule has 1 saturated heterocycles. The van der Waals surface area contributed by atoms with Crippen LogP contribution in [0.2, 0.25) is 0 Å². The lowest BCUT2D eigenvalue weighted by Crippen LogP contribution is -2.74. The number of likely N-dealkylation sites (N-methyl/N-ethyl adjacent to an activating group) is 1. The Hall–Kier alpha value is -1.06. The third kappa shape index (κ3) is 1.38. The van der Waals surface area contributed by atoms with E-state index in [4.69, 9.17) is 0 Å². The first-order valence-corrected chi connectivity index (χ1v) is 7.19. The molecular weight excluding hydrogens is 228 g/mol. The molecule has 3 rings (SSSR count). The van der Waals surface area contributed by atoms with E-state index in [1.807, 2.05) is 18.7 Å². The van der Waals surface area contributed by atoms with E-state index in [1.165, 1.54) is 0 Å². The third-order valence-electron chi connectivity index (χ3n) is 5.17. The van der Waals surface area contributed by atoms with Gasteiger partial charge in [-0.2, -0.15) is 0 Å². The molecule has 1 N–H and O–H groups in total. The monoisotopic (exact) mass is 250 g/mol. The molecule has 2 aliphatic carbocycles. The second kappa shape index (κ2) is 3.72. The minimum Gasteiger partial charge on any atom is -0.340 e. The molecule has 0 aromatic heterocycles. The van der Waals surface area contributed by atoms with Crippen LogP contribution >= 0.6 is 0 Å². The standard InChI is InChI=1S/C14H22N2O2/c1-3-16-12(18)14(8-4-5-9-14)15-11(17)13(16,2)10-6-7-10/h10H,3-9H2,1-2H3,(H,15,17). The Balaban J connectivity index is 1.97. The second-order valence-electron chi connectivity index (χ2n) is 6.21. The number of piperazine rings is 1. The lowest BCUT2D eigenvalue weighted by Gasteiger charge is -2.50. The van der Waals surface area contributed by atoms with Crippen LogP contribution in [0.5, 0.6) is 0 Å². The maximum Gasteiger partial charge on any atom is 0.249 e. The summed E-state index contributed by atoms with van der Waals surface area (Å²) in [6.07, 6.45) is 5.86. The van der Waals surface area contributed by atoms with Gasteiger partial charge in [0.05, 0.1) is 0 Å². The van der Waals surface area contributed by atoms with E-state index in [9.17, 15) is 9.59 Å². The molecule has 1 unspecified atom stereocenters. The van der Waals surface area contributed by atoms with Crippen LogP contribution in [0.4, 0.5) is 0 Å². The first-order valence-electron chi connectivity index (χ1n) is 7.19. The molecule has 0 bridgehead atoms. The summed E-state index contributed by atoms with van der Waals surface area (Å²) in [5.41, 5.74) is -1.17. The number of rotatable bonds is 2. The first-order chi connectivity index (χ1) is 8.54. The number of carbonyl (C=O) groups is 2. The predicted molar refractivity (Wildman–Crippen MR) is 67.9 cm³/mol. The van der Waals surface area contributed by atoms with Crippen LogP contribution in [-0.2, 0) is 9.59 Å². The average molecular weight is 250 g/mol. The van der Waals surface area contributed by atoms with Crippen LogP contribution < -0.4 is 5.32 Å². The van der Waals surface area contributed by atoms with Crippen molar-refractivity contribution in [3.8, 4) is 0 Å². The van der Waals surface area contributed by atoms with Crippen LogP contribution in [0.3, 0.4) is 0 Å². The molecule has 100 valence electrons. The van der Waals surface area contributed by atoms with Crippen LogP contribution in [0.15, 0.2) is 0 Å². The molecule has 18 heavy (non-hydrogen) atoms. The highest BCUT2D eigenvalue weighted by Crippen LogP contribution is 2.47. The summed E-state index contributed by atoms with van der Waals surface area (Å²) >= 11 is 0. The number of carbonyl (C=O) groups excluding carboxylic acids is 2. The van der Waals surface area contributed by atoms with Crippen molar-refractivity contribution >= 4 is 11.8 Å². The summed E-state index contributed by atoms with van der Waals surface area (Å²) in [7, 11) is 0. The van der Waals surface area contributed by atoms with E-state index < -0.39 is 11.1 Å². The van der Waals surface area contributed by atoms with Crippen LogP contribution in [0, 0.1) is 5.92 Å². The summed E-state index contributed by atoms with van der Waals surface area (Å²) in [5.74, 6) is 0.602. The zero-order valence-electron chi connectivity index (χ0n) is 11.3. The van der Waals surface area contributed by atoms with Gasteiger partial charge in [-0.25, -0.2) is 0 Å². The van der Waals surface area contributed by atoms with Gasteiger partial charge >= 0.3 is 0 Å². The van der Waals surface area contributed by atoms with Gasteiger partial charge < -0.3 is 10.2 Å². The molecule has 0 aromatic carbocycles. The normalized spacial score (nSPS) is 35.1. The molecule has 1 aliphatic heterocycles. The topological polar surface area (TPSA) is 49.4 Å². The molecule has 2 amide bonds. The molecule has 1 heterocycles. The molecule has 2 saturated carbocycles. The average Bonchev–Trinajstić information content (AvgIpc) is 3.10. The van der Waals surface area contributed by atoms with Crippen molar-refractivity contribution in [3.05, 3.63) is 0 Å². The zero-order valence-corrected chi connectivity index (χ0v) is 11.3. The fourth-order valence-electron chi connectivity index (χ4n) is 3.83. The summed E-state index contributed by atoms with van der Waals surface area (Å²) in [5, 5.41) is 3.09. The van der Waals surface area contributed by atoms with E-state index in [2.05, 4.69) is 5.32 Å². The second-order valence-corrected chi connectivity index (χ2v) is 6.21. The van der Waals surface area contributed by atoms with E-state index >= 15 is 0 Å². The van der Waals surface area contributed by atoms with Gasteiger partial charge in [0, 0.05) is 6.54 Å². The van der Waals surface area contributed by atoms with Gasteiger partial charge in [-0.15, -0.1) is 0 Å². The fraction of sp³-hybridized carbons (Fsp3) is 0.857. The third-order valence-corrected chi connectivity index (χ3v) is 5.17. The van der Waals surface area contributed by atoms with Crippen molar-refractivity contribution in [2.45, 2.75) is 63.5 Å². The Labute approximate surface area is 108 Å². The summed E-state index contributed by atoms with van der Waals surface area (Å²) in [6, 6.07) is 0. The van der Waals surface area contributed by atoms with Crippen LogP contribution in [0.1, 0.15) is 52.4 Å². The van der Waals surface area contributed by atoms with Gasteiger partial charge in [-0.05, 0) is 45.4 Å². The Morgan fingerprint density at radius 2 is 1.89 bits per heavy atom. The van der Waals surface area contributed by atoms with E-state index in [1.54, 1.807) is 0 Å². The fourth-order valence-corrected chi connectivity index (χ4v) is 3.83. The van der Waals surface area contributed by atoms with Gasteiger partial charge in [0.2, 0.25) is 11.8 Å². The number of hydrogen-bond acceptors (Lipinski definition) is 2. The number of nitrogens with zero attached hydrogens (tertiary/aromatic N) is 1. The minimum absolute atomic E-state index is 0.0772. The van der Waals surface area contributed by atoms with E-state index in [0.29, 0.717) is 12.5 Å². The highest BCUT2D eigenvalue weighted by molar-refractivity contribution is 6.02. The van der Waals surface area contributed by atoms with Gasteiger partial charge in [0.15, 0.2) is 0 Å². The maximum absolute atomic E-state index is 12.8. The van der Waals surface area contributed by atoms with Crippen molar-refractivity contribution < 1.29 is 9.59 Å². The predicted octanol–water partition coefficient (Wildman–Crippen LogP) is 1.45. The first kappa shape index (κ1) is 12.0. The molecule has 0 radical (unpaired) electrons. The number of nitrogens with one attached hydrogen (secondary N) is 1. The quantitative estimate of drug-likeness (QED) is 0.806. The lowest BCUT2D eigenvalue weighted by atomic mass is 9.82. The molecular formula is C14H22N2O2. The molecule has 3 aliphatic rings. The van der Waals surface area contributed by atoms with E-state index in [0.717, 1.165) is 38.5 Å². The van der Waals surface area contributed by atoms with E-state index in [-0.39, 0.29) is 11.8 Å². The Morgan fingerprint density at radius 3 is 2.39 bits per heavy atom. The van der Waals surface area contributed by atoms with Crippen molar-refractivity contribution in [2.24, 2.45) is 5.92 Å². The van der Waals surface area contributed by atoms with Gasteiger partial charge in [0.1, 0.15) is 11.1 Å². The smallest absolute Gasteiger partial charge is 0.249 e. The highest BCUT2D eigenvalue weighted by atomic mass is 16.2. The lowest BCUT2D eigenvalue weighted by molar-refractivity contribution is -0.163. The molecule has 1 spiro atoms. The van der Waals surface area contributed by atoms with Crippen molar-refractivity contribution in [3.63, 3.8) is 0 Å². The van der Waals surface area contributed by atoms with Gasteiger partial charge in [0.25, 0.3) is 0 Å². The van der Waals surface area contributed by atoms with Crippen LogP contribution in [-0.4, -0.2) is 34.3 Å². The van der Waals surface area contributed by atoms with Crippen molar-refractivity contribution in [1.82, 2.24) is 10.2 Å². The minimum atomic E-state index is -0.598.